The topological polar surface area (TPSA) is 153 Å². The van der Waals surface area contributed by atoms with E-state index in [-0.39, 0.29) is 18.9 Å². The molecule has 0 aliphatic carbocycles. The second-order valence-electron chi connectivity index (χ2n) is 10.5. The van der Waals surface area contributed by atoms with Gasteiger partial charge in [0.2, 0.25) is 5.88 Å². The van der Waals surface area contributed by atoms with E-state index in [9.17, 15) is 14.5 Å². The molecule has 1 aromatic carbocycles. The number of carbonyl (C=O) groups excluding carboxylic acids is 1. The van der Waals surface area contributed by atoms with Crippen LogP contribution < -0.4 is 9.26 Å². The smallest absolute Gasteiger partial charge is 0.380 e. The SMILES string of the molecule is COc1nc(C)nc2c1ncn2C1OC(COP(=O)(C[C@@H](C)C(=O)OC(C)C)Oc2ccccc2)[C@@H](O)[C@]12CCO2. The summed E-state index contributed by atoms with van der Waals surface area (Å²) in [6.07, 6.45) is -1.39. The lowest BCUT2D eigenvalue weighted by Crippen LogP contribution is -2.56. The molecule has 2 aliphatic heterocycles. The number of rotatable bonds is 11. The van der Waals surface area contributed by atoms with Gasteiger partial charge in [-0.2, -0.15) is 4.98 Å². The normalized spacial score (nSPS) is 26.1. The highest BCUT2D eigenvalue weighted by Gasteiger charge is 2.62. The fourth-order valence-corrected chi connectivity index (χ4v) is 6.89. The Hall–Kier alpha value is -3.09. The van der Waals surface area contributed by atoms with Crippen LogP contribution >= 0.6 is 7.60 Å². The van der Waals surface area contributed by atoms with Crippen LogP contribution in [0.5, 0.6) is 11.6 Å². The van der Waals surface area contributed by atoms with Gasteiger partial charge in [-0.15, -0.1) is 0 Å². The first kappa shape index (κ1) is 29.4. The van der Waals surface area contributed by atoms with Crippen LogP contribution in [0.2, 0.25) is 0 Å². The first-order valence-corrected chi connectivity index (χ1v) is 15.2. The third kappa shape index (κ3) is 5.82. The molecule has 5 rings (SSSR count). The van der Waals surface area contributed by atoms with Gasteiger partial charge in [-0.05, 0) is 32.9 Å². The third-order valence-electron chi connectivity index (χ3n) is 7.06. The van der Waals surface area contributed by atoms with Gasteiger partial charge in [-0.3, -0.25) is 13.9 Å². The molecule has 41 heavy (non-hydrogen) atoms. The number of nitrogens with zero attached hydrogens (tertiary/aromatic N) is 4. The third-order valence-corrected chi connectivity index (χ3v) is 9.09. The number of carbonyl (C=O) groups is 1. The van der Waals surface area contributed by atoms with Gasteiger partial charge in [0.25, 0.3) is 0 Å². The number of aliphatic hydroxyl groups excluding tert-OH is 1. The molecular formula is C27H35N4O9P. The largest absolute Gasteiger partial charge is 0.479 e. The van der Waals surface area contributed by atoms with E-state index < -0.39 is 43.5 Å². The predicted molar refractivity (Wildman–Crippen MR) is 146 cm³/mol. The molecule has 0 radical (unpaired) electrons. The number of aryl methyl sites for hydroxylation is 1. The maximum atomic E-state index is 14.0. The molecule has 0 saturated carbocycles. The average molecular weight is 591 g/mol. The monoisotopic (exact) mass is 590 g/mol. The van der Waals surface area contributed by atoms with Crippen molar-refractivity contribution in [3.8, 4) is 11.6 Å². The second-order valence-corrected chi connectivity index (χ2v) is 12.5. The van der Waals surface area contributed by atoms with Gasteiger partial charge in [0.05, 0.1) is 44.8 Å². The van der Waals surface area contributed by atoms with E-state index in [1.54, 1.807) is 62.6 Å². The van der Waals surface area contributed by atoms with Crippen molar-refractivity contribution in [2.24, 2.45) is 5.92 Å². The lowest BCUT2D eigenvalue weighted by molar-refractivity contribution is -0.225. The molecule has 3 unspecified atom stereocenters. The number of methoxy groups -OCH3 is 1. The van der Waals surface area contributed by atoms with E-state index in [1.807, 2.05) is 0 Å². The van der Waals surface area contributed by atoms with Gasteiger partial charge in [0, 0.05) is 6.42 Å². The molecular weight excluding hydrogens is 555 g/mol. The van der Waals surface area contributed by atoms with Crippen LogP contribution in [0.3, 0.4) is 0 Å². The second kappa shape index (κ2) is 11.7. The molecule has 2 aromatic heterocycles. The van der Waals surface area contributed by atoms with Gasteiger partial charge < -0.3 is 28.6 Å². The number of ether oxygens (including phenoxy) is 4. The first-order valence-electron chi connectivity index (χ1n) is 13.5. The summed E-state index contributed by atoms with van der Waals surface area (Å²) in [5, 5.41) is 11.4. The zero-order chi connectivity index (χ0) is 29.4. The van der Waals surface area contributed by atoms with Gasteiger partial charge in [0.15, 0.2) is 17.4 Å². The van der Waals surface area contributed by atoms with E-state index in [2.05, 4.69) is 15.0 Å². The highest BCUT2D eigenvalue weighted by molar-refractivity contribution is 7.54. The summed E-state index contributed by atoms with van der Waals surface area (Å²) in [6, 6.07) is 8.55. The van der Waals surface area contributed by atoms with E-state index >= 15 is 0 Å². The van der Waals surface area contributed by atoms with E-state index in [0.29, 0.717) is 41.6 Å². The predicted octanol–water partition coefficient (Wildman–Crippen LogP) is 3.44. The number of fused-ring (bicyclic) bond motifs is 1. The summed E-state index contributed by atoms with van der Waals surface area (Å²) in [6.45, 7) is 6.95. The number of esters is 1. The quantitative estimate of drug-likeness (QED) is 0.257. The fraction of sp³-hybridized carbons (Fsp3) is 0.556. The van der Waals surface area contributed by atoms with Crippen LogP contribution in [0.25, 0.3) is 11.2 Å². The van der Waals surface area contributed by atoms with E-state index in [1.165, 1.54) is 13.4 Å². The average Bonchev–Trinajstić information content (AvgIpc) is 3.45. The Morgan fingerprint density at radius 1 is 1.24 bits per heavy atom. The summed E-state index contributed by atoms with van der Waals surface area (Å²) in [7, 11) is -2.43. The highest BCUT2D eigenvalue weighted by Crippen LogP contribution is 2.53. The minimum absolute atomic E-state index is 0.233. The standard InChI is InChI=1S/C27H35N4O9P/c1-16(2)38-25(33)17(3)14-41(34,40-19-9-7-6-8-10-19)37-13-20-22(32)27(11-12-36-27)26(39-20)31-15-28-21-23(31)29-18(4)30-24(21)35-5/h6-10,15-17,20,22,26,32H,11-14H2,1-5H3/t17-,20?,22-,26?,27-,41?/m1/s1. The van der Waals surface area contributed by atoms with Gasteiger partial charge in [-0.25, -0.2) is 14.5 Å². The number of hydrogen-bond donors (Lipinski definition) is 1. The highest BCUT2D eigenvalue weighted by atomic mass is 31.2. The molecule has 14 heteroatoms. The van der Waals surface area contributed by atoms with Crippen LogP contribution in [0.15, 0.2) is 36.7 Å². The summed E-state index contributed by atoms with van der Waals surface area (Å²) in [5.74, 6) is -0.178. The van der Waals surface area contributed by atoms with Crippen LogP contribution in [-0.2, 0) is 28.1 Å². The Bertz CT molecular complexity index is 1430. The molecule has 2 saturated heterocycles. The summed E-state index contributed by atoms with van der Waals surface area (Å²) < 4.78 is 50.3. The number of imidazole rings is 1. The molecule has 6 atom stereocenters. The van der Waals surface area contributed by atoms with E-state index in [4.69, 9.17) is 28.0 Å². The molecule has 222 valence electrons. The Labute approximate surface area is 237 Å². The van der Waals surface area contributed by atoms with Crippen LogP contribution in [-0.4, -0.2) is 81.0 Å². The maximum absolute atomic E-state index is 14.0. The number of aliphatic hydroxyl groups is 1. The molecule has 0 bridgehead atoms. The van der Waals surface area contributed by atoms with Crippen molar-refractivity contribution in [2.45, 2.75) is 64.3 Å². The van der Waals surface area contributed by atoms with Crippen molar-refractivity contribution in [2.75, 3.05) is 26.5 Å². The van der Waals surface area contributed by atoms with Crippen molar-refractivity contribution in [3.05, 3.63) is 42.5 Å². The Kier molecular flexibility index (Phi) is 8.36. The van der Waals surface area contributed by atoms with Crippen molar-refractivity contribution >= 4 is 24.7 Å². The van der Waals surface area contributed by atoms with Crippen LogP contribution in [0, 0.1) is 12.8 Å². The molecule has 13 nitrogen and oxygen atoms in total. The summed E-state index contributed by atoms with van der Waals surface area (Å²) in [5.41, 5.74) is -0.196. The van der Waals surface area contributed by atoms with Gasteiger partial charge in [-0.1, -0.05) is 25.1 Å². The first-order chi connectivity index (χ1) is 19.5. The van der Waals surface area contributed by atoms with Crippen molar-refractivity contribution in [1.82, 2.24) is 19.5 Å². The van der Waals surface area contributed by atoms with Crippen molar-refractivity contribution in [3.63, 3.8) is 0 Å². The Balaban J connectivity index is 1.38. The molecule has 0 amide bonds. The van der Waals surface area contributed by atoms with Gasteiger partial charge >= 0.3 is 13.6 Å². The molecule has 1 spiro atoms. The van der Waals surface area contributed by atoms with E-state index in [0.717, 1.165) is 0 Å². The molecule has 3 aromatic rings. The zero-order valence-corrected chi connectivity index (χ0v) is 24.5. The van der Waals surface area contributed by atoms with Gasteiger partial charge in [0.1, 0.15) is 29.4 Å². The van der Waals surface area contributed by atoms with Crippen molar-refractivity contribution in [1.29, 1.82) is 0 Å². The number of aromatic nitrogens is 4. The Morgan fingerprint density at radius 2 is 1.98 bits per heavy atom. The van der Waals surface area contributed by atoms with Crippen molar-refractivity contribution < 1.29 is 42.5 Å². The number of para-hydroxylation sites is 1. The zero-order valence-electron chi connectivity index (χ0n) is 23.6. The molecule has 1 N–H and O–H groups in total. The lowest BCUT2D eigenvalue weighted by Gasteiger charge is -2.44. The van der Waals surface area contributed by atoms with Crippen LogP contribution in [0.1, 0.15) is 39.2 Å². The summed E-state index contributed by atoms with van der Waals surface area (Å²) >= 11 is 0. The fourth-order valence-electron chi connectivity index (χ4n) is 5.03. The maximum Gasteiger partial charge on any atom is 0.380 e. The number of benzene rings is 1. The molecule has 2 fully saturated rings. The minimum atomic E-state index is -3.93. The number of hydrogen-bond acceptors (Lipinski definition) is 12. The molecule has 4 heterocycles. The van der Waals surface area contributed by atoms with Crippen LogP contribution in [0.4, 0.5) is 0 Å². The Morgan fingerprint density at radius 3 is 2.61 bits per heavy atom. The summed E-state index contributed by atoms with van der Waals surface area (Å²) in [4.78, 5) is 25.7. The minimum Gasteiger partial charge on any atom is -0.479 e. The molecule has 2 aliphatic rings. The lowest BCUT2D eigenvalue weighted by atomic mass is 9.86.